The first-order valence-electron chi connectivity index (χ1n) is 16.4. The van der Waals surface area contributed by atoms with Crippen molar-refractivity contribution in [3.05, 3.63) is 84.4 Å². The van der Waals surface area contributed by atoms with E-state index >= 15 is 0 Å². The molecule has 49 heavy (non-hydrogen) atoms. The van der Waals surface area contributed by atoms with Gasteiger partial charge in [0.1, 0.15) is 12.4 Å². The first kappa shape index (κ1) is 34.6. The number of nitrogens with zero attached hydrogens (tertiary/aromatic N) is 3. The topological polar surface area (TPSA) is 74.3 Å². The highest BCUT2D eigenvalue weighted by atomic mass is 32.2. The van der Waals surface area contributed by atoms with Crippen LogP contribution in [0.25, 0.3) is 10.8 Å². The lowest BCUT2D eigenvalue weighted by atomic mass is 10.1. The van der Waals surface area contributed by atoms with Gasteiger partial charge in [0.05, 0.1) is 16.9 Å². The molecule has 2 heterocycles. The number of piperazine rings is 1. The molecule has 0 spiro atoms. The maximum atomic E-state index is 13.6. The van der Waals surface area contributed by atoms with Crippen LogP contribution in [0.1, 0.15) is 25.8 Å². The predicted molar refractivity (Wildman–Crippen MR) is 186 cm³/mol. The Morgan fingerprint density at radius 1 is 0.857 bits per heavy atom. The second kappa shape index (κ2) is 15.1. The molecule has 1 amide bonds. The molecule has 4 aromatic carbocycles. The van der Waals surface area contributed by atoms with Gasteiger partial charge < -0.3 is 24.6 Å². The van der Waals surface area contributed by atoms with E-state index in [0.29, 0.717) is 30.2 Å². The maximum absolute atomic E-state index is 13.6. The zero-order chi connectivity index (χ0) is 34.5. The third-order valence-electron chi connectivity index (χ3n) is 8.72. The Balaban J connectivity index is 0.950. The monoisotopic (exact) mass is 692 g/mol. The molecule has 1 unspecified atom stereocenters. The SMILES string of the molecule is CC(=O)Nc1ccc2cccc(OC(C)C(=O)OCCN3CCN(CCCN4c5ccccc5Sc5ccc(C(F)(F)F)cc54)CC3)c2c1. The molecule has 2 aliphatic heterocycles. The van der Waals surface area contributed by atoms with Crippen LogP contribution in [0, 0.1) is 0 Å². The minimum absolute atomic E-state index is 0.171. The number of ether oxygens (including phenoxy) is 2. The lowest BCUT2D eigenvalue weighted by Gasteiger charge is -2.36. The fraction of sp³-hybridized carbons (Fsp3) is 0.351. The van der Waals surface area contributed by atoms with Crippen LogP contribution in [0.3, 0.4) is 0 Å². The number of esters is 1. The summed E-state index contributed by atoms with van der Waals surface area (Å²) < 4.78 is 52.2. The minimum Gasteiger partial charge on any atom is -0.478 e. The standard InChI is InChI=1S/C37H39F3N4O4S/c1-25(48-33-9-5-7-27-11-13-29(24-30(27)33)41-26(2)45)36(46)47-22-21-43-19-17-42(18-20-43)15-6-16-44-31-8-3-4-10-34(31)49-35-14-12-28(23-32(35)44)37(38,39)40/h3-5,7-14,23-25H,6,15-22H2,1-2H3,(H,41,45). The Kier molecular flexibility index (Phi) is 10.7. The van der Waals surface area contributed by atoms with E-state index in [1.54, 1.807) is 19.1 Å². The molecular formula is C37H39F3N4O4S. The van der Waals surface area contributed by atoms with Crippen LogP contribution in [-0.4, -0.2) is 80.2 Å². The number of hydrogen-bond donors (Lipinski definition) is 1. The Bertz CT molecular complexity index is 1810. The lowest BCUT2D eigenvalue weighted by Crippen LogP contribution is -2.48. The van der Waals surface area contributed by atoms with Gasteiger partial charge in [-0.25, -0.2) is 4.79 Å². The smallest absolute Gasteiger partial charge is 0.416 e. The average molecular weight is 693 g/mol. The molecule has 1 atom stereocenters. The average Bonchev–Trinajstić information content (AvgIpc) is 3.08. The summed E-state index contributed by atoms with van der Waals surface area (Å²) in [6.45, 7) is 8.79. The first-order valence-corrected chi connectivity index (χ1v) is 17.2. The highest BCUT2D eigenvalue weighted by Crippen LogP contribution is 2.49. The van der Waals surface area contributed by atoms with Gasteiger partial charge in [-0.2, -0.15) is 13.2 Å². The molecular weight excluding hydrogens is 653 g/mol. The number of amides is 1. The van der Waals surface area contributed by atoms with Gasteiger partial charge in [0.15, 0.2) is 6.10 Å². The highest BCUT2D eigenvalue weighted by molar-refractivity contribution is 7.99. The largest absolute Gasteiger partial charge is 0.478 e. The van der Waals surface area contributed by atoms with Crippen LogP contribution < -0.4 is 15.0 Å². The summed E-state index contributed by atoms with van der Waals surface area (Å²) >= 11 is 1.50. The number of para-hydroxylation sites is 1. The van der Waals surface area contributed by atoms with E-state index in [-0.39, 0.29) is 12.5 Å². The summed E-state index contributed by atoms with van der Waals surface area (Å²) in [4.78, 5) is 32.8. The Labute approximate surface area is 288 Å². The third-order valence-corrected chi connectivity index (χ3v) is 9.85. The van der Waals surface area contributed by atoms with E-state index in [4.69, 9.17) is 9.47 Å². The number of hydrogen-bond acceptors (Lipinski definition) is 8. The van der Waals surface area contributed by atoms with Crippen molar-refractivity contribution in [2.75, 3.05) is 62.6 Å². The number of carbonyl (C=O) groups excluding carboxylic acids is 2. The number of carbonyl (C=O) groups is 2. The van der Waals surface area contributed by atoms with Gasteiger partial charge in [0.2, 0.25) is 5.91 Å². The highest BCUT2D eigenvalue weighted by Gasteiger charge is 2.33. The normalized spacial score (nSPS) is 15.7. The summed E-state index contributed by atoms with van der Waals surface area (Å²) in [7, 11) is 0. The van der Waals surface area contributed by atoms with Crippen molar-refractivity contribution < 1.29 is 32.2 Å². The fourth-order valence-corrected chi connectivity index (χ4v) is 7.27. The van der Waals surface area contributed by atoms with Gasteiger partial charge in [-0.3, -0.25) is 9.69 Å². The summed E-state index contributed by atoms with van der Waals surface area (Å²) in [5.41, 5.74) is 1.55. The van der Waals surface area contributed by atoms with Crippen LogP contribution in [0.15, 0.2) is 88.7 Å². The van der Waals surface area contributed by atoms with Crippen LogP contribution in [0.5, 0.6) is 5.75 Å². The molecule has 1 saturated heterocycles. The molecule has 1 N–H and O–H groups in total. The van der Waals surface area contributed by atoms with Crippen molar-refractivity contribution >= 4 is 51.5 Å². The van der Waals surface area contributed by atoms with Crippen molar-refractivity contribution in [1.29, 1.82) is 0 Å². The third kappa shape index (κ3) is 8.49. The molecule has 258 valence electrons. The Hall–Kier alpha value is -4.26. The van der Waals surface area contributed by atoms with E-state index in [0.717, 1.165) is 71.5 Å². The molecule has 0 aromatic heterocycles. The van der Waals surface area contributed by atoms with E-state index < -0.39 is 23.8 Å². The minimum atomic E-state index is -4.40. The van der Waals surface area contributed by atoms with Gasteiger partial charge in [0.25, 0.3) is 0 Å². The molecule has 8 nitrogen and oxygen atoms in total. The summed E-state index contributed by atoms with van der Waals surface area (Å²) in [5.74, 6) is -0.0888. The summed E-state index contributed by atoms with van der Waals surface area (Å²) in [6, 6.07) is 23.0. The van der Waals surface area contributed by atoms with Crippen molar-refractivity contribution in [2.45, 2.75) is 42.3 Å². The predicted octanol–water partition coefficient (Wildman–Crippen LogP) is 7.44. The van der Waals surface area contributed by atoms with Gasteiger partial charge in [0, 0.05) is 67.1 Å². The van der Waals surface area contributed by atoms with Crippen LogP contribution in [-0.2, 0) is 20.5 Å². The molecule has 0 radical (unpaired) electrons. The van der Waals surface area contributed by atoms with E-state index in [1.165, 1.54) is 24.8 Å². The van der Waals surface area contributed by atoms with Gasteiger partial charge in [-0.15, -0.1) is 0 Å². The summed E-state index contributed by atoms with van der Waals surface area (Å²) in [5, 5.41) is 4.48. The molecule has 0 saturated carbocycles. The molecule has 12 heteroatoms. The Morgan fingerprint density at radius 3 is 2.35 bits per heavy atom. The molecule has 6 rings (SSSR count). The number of alkyl halides is 3. The Morgan fingerprint density at radius 2 is 1.59 bits per heavy atom. The molecule has 0 aliphatic carbocycles. The molecule has 0 bridgehead atoms. The number of fused-ring (bicyclic) bond motifs is 3. The zero-order valence-electron chi connectivity index (χ0n) is 27.5. The van der Waals surface area contributed by atoms with Crippen LogP contribution in [0.4, 0.5) is 30.2 Å². The van der Waals surface area contributed by atoms with E-state index in [2.05, 4.69) is 15.1 Å². The van der Waals surface area contributed by atoms with Gasteiger partial charge >= 0.3 is 12.1 Å². The molecule has 4 aromatic rings. The van der Waals surface area contributed by atoms with E-state index in [9.17, 15) is 22.8 Å². The van der Waals surface area contributed by atoms with Crippen molar-refractivity contribution in [3.63, 3.8) is 0 Å². The van der Waals surface area contributed by atoms with Crippen molar-refractivity contribution in [2.24, 2.45) is 0 Å². The van der Waals surface area contributed by atoms with Gasteiger partial charge in [-0.1, -0.05) is 42.1 Å². The zero-order valence-corrected chi connectivity index (χ0v) is 28.3. The van der Waals surface area contributed by atoms with E-state index in [1.807, 2.05) is 59.5 Å². The first-order chi connectivity index (χ1) is 23.5. The van der Waals surface area contributed by atoms with Crippen LogP contribution in [0.2, 0.25) is 0 Å². The molecule has 2 aliphatic rings. The van der Waals surface area contributed by atoms with Gasteiger partial charge in [-0.05, 0) is 73.8 Å². The number of halogens is 3. The number of benzene rings is 4. The fourth-order valence-electron chi connectivity index (χ4n) is 6.19. The summed E-state index contributed by atoms with van der Waals surface area (Å²) in [6.07, 6.45) is -4.41. The van der Waals surface area contributed by atoms with Crippen molar-refractivity contribution in [3.8, 4) is 5.75 Å². The molecule has 1 fully saturated rings. The number of nitrogens with one attached hydrogen (secondary N) is 1. The van der Waals surface area contributed by atoms with Crippen molar-refractivity contribution in [1.82, 2.24) is 9.80 Å². The number of rotatable bonds is 11. The quantitative estimate of drug-likeness (QED) is 0.163. The lowest BCUT2D eigenvalue weighted by molar-refractivity contribution is -0.151. The maximum Gasteiger partial charge on any atom is 0.416 e. The second-order valence-electron chi connectivity index (χ2n) is 12.2. The van der Waals surface area contributed by atoms with Crippen LogP contribution >= 0.6 is 11.8 Å². The number of anilines is 3. The second-order valence-corrected chi connectivity index (χ2v) is 13.3.